The Hall–Kier alpha value is -3.48. The Bertz CT molecular complexity index is 1590. The summed E-state index contributed by atoms with van der Waals surface area (Å²) in [4.78, 5) is 30.8. The number of ketones is 1. The van der Waals surface area contributed by atoms with Gasteiger partial charge in [0.05, 0.1) is 17.3 Å². The number of benzene rings is 2. The first-order valence-corrected chi connectivity index (χ1v) is 12.8. The van der Waals surface area contributed by atoms with E-state index < -0.39 is 24.5 Å². The Morgan fingerprint density at radius 3 is 2.27 bits per heavy atom. The fraction of sp³-hybridized carbons (Fsp3) is 0.346. The average Bonchev–Trinajstić information content (AvgIpc) is 3.40. The lowest BCUT2D eigenvalue weighted by Gasteiger charge is -2.16. The van der Waals surface area contributed by atoms with Crippen molar-refractivity contribution in [1.29, 1.82) is 0 Å². The molecule has 0 aliphatic heterocycles. The monoisotopic (exact) mass is 596 g/mol. The highest BCUT2D eigenvalue weighted by molar-refractivity contribution is 6.32. The number of Topliss-reactive ketones (excluding diaryl/α,β-unsaturated/α-hetero) is 1. The van der Waals surface area contributed by atoms with Gasteiger partial charge in [-0.2, -0.15) is 13.2 Å². The van der Waals surface area contributed by atoms with E-state index in [1.165, 1.54) is 28.9 Å². The number of hydrogen-bond donors (Lipinski definition) is 1. The molecular formula is C26H25Cl2F3N6O3. The van der Waals surface area contributed by atoms with Crippen LogP contribution in [-0.4, -0.2) is 52.3 Å². The van der Waals surface area contributed by atoms with Crippen LogP contribution in [0.3, 0.4) is 0 Å². The van der Waals surface area contributed by atoms with Gasteiger partial charge >= 0.3 is 11.9 Å². The Morgan fingerprint density at radius 1 is 1.02 bits per heavy atom. The van der Waals surface area contributed by atoms with E-state index in [0.29, 0.717) is 21.3 Å². The molecule has 40 heavy (non-hydrogen) atoms. The molecule has 1 atom stereocenters. The van der Waals surface area contributed by atoms with Crippen molar-refractivity contribution in [2.45, 2.75) is 52.6 Å². The first-order chi connectivity index (χ1) is 18.6. The summed E-state index contributed by atoms with van der Waals surface area (Å²) in [6.45, 7) is 4.21. The third-order valence-corrected chi connectivity index (χ3v) is 6.29. The van der Waals surface area contributed by atoms with Crippen molar-refractivity contribution in [3.63, 3.8) is 0 Å². The highest BCUT2D eigenvalue weighted by atomic mass is 35.5. The summed E-state index contributed by atoms with van der Waals surface area (Å²) in [5, 5.41) is 19.0. The summed E-state index contributed by atoms with van der Waals surface area (Å²) < 4.78 is 42.4. The summed E-state index contributed by atoms with van der Waals surface area (Å²) in [5.74, 6) is -0.461. The van der Waals surface area contributed by atoms with E-state index in [9.17, 15) is 27.9 Å². The fourth-order valence-electron chi connectivity index (χ4n) is 3.89. The molecule has 1 N–H and O–H groups in total. The Morgan fingerprint density at radius 2 is 1.68 bits per heavy atom. The highest BCUT2D eigenvalue weighted by Crippen LogP contribution is 2.26. The number of nitrogens with zero attached hydrogens (tertiary/aromatic N) is 6. The van der Waals surface area contributed by atoms with Crippen LogP contribution >= 0.6 is 23.2 Å². The lowest BCUT2D eigenvalue weighted by molar-refractivity contribution is -0.207. The van der Waals surface area contributed by atoms with E-state index in [-0.39, 0.29) is 41.6 Å². The molecule has 0 aliphatic carbocycles. The van der Waals surface area contributed by atoms with Crippen LogP contribution in [0.15, 0.2) is 53.3 Å². The second-order valence-corrected chi connectivity index (χ2v) is 11.2. The van der Waals surface area contributed by atoms with Crippen molar-refractivity contribution in [1.82, 2.24) is 29.1 Å². The molecule has 0 fully saturated rings. The van der Waals surface area contributed by atoms with E-state index >= 15 is 0 Å². The highest BCUT2D eigenvalue weighted by Gasteiger charge is 2.39. The van der Waals surface area contributed by atoms with Crippen LogP contribution in [0.5, 0.6) is 0 Å². The van der Waals surface area contributed by atoms with Crippen molar-refractivity contribution in [2.75, 3.05) is 0 Å². The minimum Gasteiger partial charge on any atom is -0.382 e. The molecule has 2 aromatic heterocycles. The molecule has 2 heterocycles. The van der Waals surface area contributed by atoms with Gasteiger partial charge in [-0.05, 0) is 41.8 Å². The van der Waals surface area contributed by atoms with Crippen molar-refractivity contribution in [2.24, 2.45) is 5.41 Å². The van der Waals surface area contributed by atoms with Gasteiger partial charge in [0.25, 0.3) is 0 Å². The molecule has 0 saturated heterocycles. The van der Waals surface area contributed by atoms with Crippen molar-refractivity contribution in [3.8, 4) is 17.1 Å². The number of halogens is 5. The second kappa shape index (κ2) is 11.2. The molecule has 0 bridgehead atoms. The van der Waals surface area contributed by atoms with Gasteiger partial charge in [0.15, 0.2) is 23.6 Å². The normalized spacial score (nSPS) is 13.0. The molecule has 212 valence electrons. The number of aromatic nitrogens is 6. The predicted molar refractivity (Wildman–Crippen MR) is 143 cm³/mol. The average molecular weight is 597 g/mol. The van der Waals surface area contributed by atoms with Crippen LogP contribution in [0.4, 0.5) is 13.2 Å². The number of aliphatic hydroxyl groups excluding tert-OH is 1. The fourth-order valence-corrected chi connectivity index (χ4v) is 4.23. The zero-order valence-electron chi connectivity index (χ0n) is 21.7. The number of para-hydroxylation sites is 1. The number of carbonyl (C=O) groups is 1. The van der Waals surface area contributed by atoms with Crippen LogP contribution < -0.4 is 5.69 Å². The summed E-state index contributed by atoms with van der Waals surface area (Å²) in [6.07, 6.45) is -7.63. The van der Waals surface area contributed by atoms with Gasteiger partial charge in [-0.25, -0.2) is 19.1 Å². The number of aliphatic hydroxyl groups is 1. The Kier molecular flexibility index (Phi) is 8.25. The topological polar surface area (TPSA) is 108 Å². The molecule has 4 rings (SSSR count). The molecule has 0 amide bonds. The minimum absolute atomic E-state index is 0.00274. The summed E-state index contributed by atoms with van der Waals surface area (Å²) in [7, 11) is 0. The van der Waals surface area contributed by atoms with Crippen molar-refractivity contribution in [3.05, 3.63) is 80.7 Å². The third-order valence-electron chi connectivity index (χ3n) is 5.72. The van der Waals surface area contributed by atoms with E-state index in [1.807, 2.05) is 20.8 Å². The largest absolute Gasteiger partial charge is 0.416 e. The molecule has 0 saturated carbocycles. The number of carbonyl (C=O) groups excluding carboxylic acids is 1. The Balaban J connectivity index is 1.80. The molecule has 0 aliphatic rings. The van der Waals surface area contributed by atoms with Gasteiger partial charge in [-0.15, -0.1) is 10.2 Å². The molecule has 0 radical (unpaired) electrons. The first kappa shape index (κ1) is 29.5. The maximum Gasteiger partial charge on any atom is 0.416 e. The molecular weight excluding hydrogens is 572 g/mol. The standard InChI is InChI=1S/C26H25Cl2F3N6O3/c1-25(2,3)12-19(38)23-32-21(33-37(23)18-7-5-4-6-17(18)28)14-36-24(40)35(13-20(39)26(29,30)31)22(34-36)15-8-10-16(27)11-9-15/h4-11,20,39H,12-14H2,1-3H3/t20-/m0/s1. The maximum absolute atomic E-state index is 13.2. The number of hydrogen-bond acceptors (Lipinski definition) is 6. The van der Waals surface area contributed by atoms with Crippen LogP contribution in [0, 0.1) is 5.41 Å². The molecule has 0 unspecified atom stereocenters. The summed E-state index contributed by atoms with van der Waals surface area (Å²) in [6, 6.07) is 12.6. The number of alkyl halides is 3. The van der Waals surface area contributed by atoms with Gasteiger partial charge < -0.3 is 5.11 Å². The number of rotatable bonds is 8. The van der Waals surface area contributed by atoms with Crippen molar-refractivity contribution >= 4 is 29.0 Å². The second-order valence-electron chi connectivity index (χ2n) is 10.3. The summed E-state index contributed by atoms with van der Waals surface area (Å²) in [5.41, 5.74) is -0.625. The lowest BCUT2D eigenvalue weighted by Crippen LogP contribution is -2.37. The van der Waals surface area contributed by atoms with E-state index in [1.54, 1.807) is 24.3 Å². The van der Waals surface area contributed by atoms with E-state index in [2.05, 4.69) is 15.2 Å². The summed E-state index contributed by atoms with van der Waals surface area (Å²) >= 11 is 12.3. The van der Waals surface area contributed by atoms with Crippen molar-refractivity contribution < 1.29 is 23.1 Å². The van der Waals surface area contributed by atoms with E-state index in [4.69, 9.17) is 23.2 Å². The Labute approximate surface area is 236 Å². The van der Waals surface area contributed by atoms with E-state index in [0.717, 1.165) is 9.25 Å². The molecule has 2 aromatic carbocycles. The molecule has 9 nitrogen and oxygen atoms in total. The quantitative estimate of drug-likeness (QED) is 0.280. The zero-order chi connectivity index (χ0) is 29.4. The zero-order valence-corrected chi connectivity index (χ0v) is 23.2. The lowest BCUT2D eigenvalue weighted by atomic mass is 9.90. The first-order valence-electron chi connectivity index (χ1n) is 12.1. The molecule has 0 spiro atoms. The smallest absolute Gasteiger partial charge is 0.382 e. The van der Waals surface area contributed by atoms with Gasteiger partial charge in [-0.3, -0.25) is 9.36 Å². The van der Waals surface area contributed by atoms with Crippen LogP contribution in [-0.2, 0) is 13.1 Å². The SMILES string of the molecule is CC(C)(C)CC(=O)c1nc(Cn2nc(-c3ccc(Cl)cc3)n(C[C@H](O)C(F)(F)F)c2=O)nn1-c1ccccc1Cl. The molecule has 4 aromatic rings. The van der Waals surface area contributed by atoms with Gasteiger partial charge in [0, 0.05) is 17.0 Å². The van der Waals surface area contributed by atoms with Crippen LogP contribution in [0.1, 0.15) is 43.6 Å². The van der Waals surface area contributed by atoms with Gasteiger partial charge in [0.2, 0.25) is 5.78 Å². The van der Waals surface area contributed by atoms with Gasteiger partial charge in [0.1, 0.15) is 6.54 Å². The predicted octanol–water partition coefficient (Wildman–Crippen LogP) is 5.19. The van der Waals surface area contributed by atoms with Gasteiger partial charge in [-0.1, -0.05) is 56.1 Å². The minimum atomic E-state index is -4.96. The van der Waals surface area contributed by atoms with Crippen LogP contribution in [0.25, 0.3) is 17.1 Å². The maximum atomic E-state index is 13.2. The van der Waals surface area contributed by atoms with Crippen LogP contribution in [0.2, 0.25) is 10.0 Å². The molecule has 14 heteroatoms. The third kappa shape index (κ3) is 6.62.